The van der Waals surface area contributed by atoms with Crippen LogP contribution >= 0.6 is 11.6 Å². The molecular weight excluding hydrogens is 269 g/mol. The summed E-state index contributed by atoms with van der Waals surface area (Å²) in [6.45, 7) is 5.20. The summed E-state index contributed by atoms with van der Waals surface area (Å²) in [6.07, 6.45) is 0. The van der Waals surface area contributed by atoms with Gasteiger partial charge in [-0.15, -0.1) is 0 Å². The number of anilines is 1. The zero-order chi connectivity index (χ0) is 13.8. The quantitative estimate of drug-likeness (QED) is 0.889. The minimum Gasteiger partial charge on any atom is -0.322 e. The van der Waals surface area contributed by atoms with Gasteiger partial charge in [0.15, 0.2) is 0 Å². The molecule has 2 rings (SSSR count). The molecule has 0 bridgehead atoms. The number of nitrogens with one attached hydrogen (secondary N) is 2. The van der Waals surface area contributed by atoms with Gasteiger partial charge in [-0.1, -0.05) is 11.6 Å². The highest BCUT2D eigenvalue weighted by Gasteiger charge is 2.23. The lowest BCUT2D eigenvalue weighted by molar-refractivity contribution is -0.121. The average molecular weight is 286 g/mol. The summed E-state index contributed by atoms with van der Waals surface area (Å²) in [5.74, 6) is -0.725. The van der Waals surface area contributed by atoms with Crippen LogP contribution in [-0.4, -0.2) is 43.0 Å². The fourth-order valence-electron chi connectivity index (χ4n) is 2.06. The molecule has 1 aromatic rings. The molecular formula is C13H17ClFN3O. The Balaban J connectivity index is 1.99. The monoisotopic (exact) mass is 285 g/mol. The van der Waals surface area contributed by atoms with Crippen molar-refractivity contribution in [2.24, 2.45) is 0 Å². The van der Waals surface area contributed by atoms with E-state index in [0.29, 0.717) is 5.02 Å². The molecule has 0 aromatic heterocycles. The van der Waals surface area contributed by atoms with Crippen molar-refractivity contribution in [3.63, 3.8) is 0 Å². The van der Waals surface area contributed by atoms with E-state index in [1.165, 1.54) is 12.1 Å². The van der Waals surface area contributed by atoms with Crippen molar-refractivity contribution >= 4 is 23.2 Å². The van der Waals surface area contributed by atoms with Crippen LogP contribution in [0.1, 0.15) is 6.92 Å². The summed E-state index contributed by atoms with van der Waals surface area (Å²) in [7, 11) is 0. The molecule has 1 fully saturated rings. The van der Waals surface area contributed by atoms with Crippen LogP contribution in [0.25, 0.3) is 0 Å². The van der Waals surface area contributed by atoms with Crippen LogP contribution in [0.5, 0.6) is 0 Å². The second-order valence-electron chi connectivity index (χ2n) is 4.58. The largest absolute Gasteiger partial charge is 0.322 e. The highest BCUT2D eigenvalue weighted by atomic mass is 35.5. The van der Waals surface area contributed by atoms with Gasteiger partial charge in [0.1, 0.15) is 5.82 Å². The Kier molecular flexibility index (Phi) is 4.74. The van der Waals surface area contributed by atoms with Gasteiger partial charge in [0, 0.05) is 31.2 Å². The summed E-state index contributed by atoms with van der Waals surface area (Å²) in [6, 6.07) is 3.93. The second kappa shape index (κ2) is 6.32. The van der Waals surface area contributed by atoms with E-state index in [1.807, 2.05) is 6.92 Å². The van der Waals surface area contributed by atoms with Crippen molar-refractivity contribution < 1.29 is 9.18 Å². The van der Waals surface area contributed by atoms with Gasteiger partial charge in [-0.2, -0.15) is 0 Å². The van der Waals surface area contributed by atoms with E-state index in [9.17, 15) is 9.18 Å². The van der Waals surface area contributed by atoms with Crippen molar-refractivity contribution in [1.29, 1.82) is 0 Å². The van der Waals surface area contributed by atoms with Crippen LogP contribution in [0, 0.1) is 5.82 Å². The third-order valence-corrected chi connectivity index (χ3v) is 3.50. The SMILES string of the molecule is CC(C(=O)Nc1ccc(Cl)cc1F)N1CCNCC1. The molecule has 0 spiro atoms. The smallest absolute Gasteiger partial charge is 0.241 e. The summed E-state index contributed by atoms with van der Waals surface area (Å²) < 4.78 is 13.6. The third kappa shape index (κ3) is 3.65. The molecule has 6 heteroatoms. The zero-order valence-corrected chi connectivity index (χ0v) is 11.5. The molecule has 1 heterocycles. The Bertz CT molecular complexity index is 463. The number of benzene rings is 1. The maximum atomic E-state index is 13.6. The number of hydrogen-bond acceptors (Lipinski definition) is 3. The lowest BCUT2D eigenvalue weighted by atomic mass is 10.2. The number of piperazine rings is 1. The molecule has 1 atom stereocenters. The highest BCUT2D eigenvalue weighted by Crippen LogP contribution is 2.19. The number of hydrogen-bond donors (Lipinski definition) is 2. The van der Waals surface area contributed by atoms with Gasteiger partial charge < -0.3 is 10.6 Å². The standard InChI is InChI=1S/C13H17ClFN3O/c1-9(18-6-4-16-5-7-18)13(19)17-12-3-2-10(14)8-11(12)15/h2-3,8-9,16H,4-7H2,1H3,(H,17,19). The Morgan fingerprint density at radius 3 is 2.79 bits per heavy atom. The van der Waals surface area contributed by atoms with E-state index in [2.05, 4.69) is 15.5 Å². The first-order valence-corrected chi connectivity index (χ1v) is 6.66. The molecule has 1 aliphatic rings. The van der Waals surface area contributed by atoms with Gasteiger partial charge in [0.05, 0.1) is 11.7 Å². The van der Waals surface area contributed by atoms with Gasteiger partial charge in [0.25, 0.3) is 0 Å². The number of carbonyl (C=O) groups is 1. The van der Waals surface area contributed by atoms with Crippen LogP contribution in [0.3, 0.4) is 0 Å². The molecule has 1 aromatic carbocycles. The van der Waals surface area contributed by atoms with Gasteiger partial charge in [-0.25, -0.2) is 4.39 Å². The maximum absolute atomic E-state index is 13.6. The number of nitrogens with zero attached hydrogens (tertiary/aromatic N) is 1. The first-order valence-electron chi connectivity index (χ1n) is 6.28. The predicted octanol–water partition coefficient (Wildman–Crippen LogP) is 1.71. The van der Waals surface area contributed by atoms with Gasteiger partial charge >= 0.3 is 0 Å². The topological polar surface area (TPSA) is 44.4 Å². The Morgan fingerprint density at radius 1 is 1.47 bits per heavy atom. The molecule has 0 aliphatic carbocycles. The van der Waals surface area contributed by atoms with E-state index in [0.717, 1.165) is 26.2 Å². The highest BCUT2D eigenvalue weighted by molar-refractivity contribution is 6.30. The summed E-state index contributed by atoms with van der Waals surface area (Å²) in [5, 5.41) is 6.14. The van der Waals surface area contributed by atoms with E-state index in [1.54, 1.807) is 6.07 Å². The number of carbonyl (C=O) groups excluding carboxylic acids is 1. The van der Waals surface area contributed by atoms with Crippen molar-refractivity contribution in [3.05, 3.63) is 29.0 Å². The lowest BCUT2D eigenvalue weighted by Gasteiger charge is -2.31. The summed E-state index contributed by atoms with van der Waals surface area (Å²) in [5.41, 5.74) is 0.163. The fraction of sp³-hybridized carbons (Fsp3) is 0.462. The molecule has 19 heavy (non-hydrogen) atoms. The molecule has 104 valence electrons. The Hall–Kier alpha value is -1.17. The van der Waals surface area contributed by atoms with E-state index >= 15 is 0 Å². The minimum absolute atomic E-state index is 0.163. The zero-order valence-electron chi connectivity index (χ0n) is 10.7. The van der Waals surface area contributed by atoms with Crippen molar-refractivity contribution in [2.45, 2.75) is 13.0 Å². The molecule has 0 radical (unpaired) electrons. The lowest BCUT2D eigenvalue weighted by Crippen LogP contribution is -2.51. The van der Waals surface area contributed by atoms with Crippen LogP contribution in [0.4, 0.5) is 10.1 Å². The fourth-order valence-corrected chi connectivity index (χ4v) is 2.22. The van der Waals surface area contributed by atoms with Crippen LogP contribution in [0.15, 0.2) is 18.2 Å². The molecule has 1 unspecified atom stereocenters. The summed E-state index contributed by atoms with van der Waals surface area (Å²) in [4.78, 5) is 14.1. The van der Waals surface area contributed by atoms with Crippen molar-refractivity contribution in [3.8, 4) is 0 Å². The van der Waals surface area contributed by atoms with E-state index in [-0.39, 0.29) is 17.6 Å². The van der Waals surface area contributed by atoms with Gasteiger partial charge in [-0.3, -0.25) is 9.69 Å². The first kappa shape index (κ1) is 14.2. The number of amides is 1. The molecule has 1 saturated heterocycles. The summed E-state index contributed by atoms with van der Waals surface area (Å²) >= 11 is 5.67. The second-order valence-corrected chi connectivity index (χ2v) is 5.01. The predicted molar refractivity (Wildman–Crippen MR) is 73.9 cm³/mol. The number of rotatable bonds is 3. The molecule has 1 amide bonds. The Morgan fingerprint density at radius 2 is 2.16 bits per heavy atom. The Labute approximate surface area is 116 Å². The molecule has 2 N–H and O–H groups in total. The minimum atomic E-state index is -0.520. The van der Waals surface area contributed by atoms with Crippen molar-refractivity contribution in [2.75, 3.05) is 31.5 Å². The van der Waals surface area contributed by atoms with Crippen LogP contribution < -0.4 is 10.6 Å². The molecule has 4 nitrogen and oxygen atoms in total. The molecule has 1 aliphatic heterocycles. The molecule has 0 saturated carbocycles. The van der Waals surface area contributed by atoms with Gasteiger partial charge in [-0.05, 0) is 25.1 Å². The third-order valence-electron chi connectivity index (χ3n) is 3.27. The van der Waals surface area contributed by atoms with E-state index in [4.69, 9.17) is 11.6 Å². The van der Waals surface area contributed by atoms with Crippen LogP contribution in [-0.2, 0) is 4.79 Å². The number of halogens is 2. The van der Waals surface area contributed by atoms with E-state index < -0.39 is 5.82 Å². The van der Waals surface area contributed by atoms with Crippen molar-refractivity contribution in [1.82, 2.24) is 10.2 Å². The van der Waals surface area contributed by atoms with Gasteiger partial charge in [0.2, 0.25) is 5.91 Å². The van der Waals surface area contributed by atoms with Crippen LogP contribution in [0.2, 0.25) is 5.02 Å². The average Bonchev–Trinajstić information content (AvgIpc) is 2.42. The normalized spacial score (nSPS) is 18.1. The maximum Gasteiger partial charge on any atom is 0.241 e. The first-order chi connectivity index (χ1) is 9.08.